The van der Waals surface area contributed by atoms with Crippen LogP contribution in [-0.4, -0.2) is 0 Å². The van der Waals surface area contributed by atoms with Crippen LogP contribution in [0.4, 0.5) is 4.39 Å². The van der Waals surface area contributed by atoms with Gasteiger partial charge in [-0.05, 0) is 55.2 Å². The van der Waals surface area contributed by atoms with Crippen LogP contribution < -0.4 is 0 Å². The molecule has 0 spiro atoms. The van der Waals surface area contributed by atoms with Crippen LogP contribution in [0.5, 0.6) is 0 Å². The predicted molar refractivity (Wildman–Crippen MR) is 71.3 cm³/mol. The molecule has 1 aliphatic rings. The lowest BCUT2D eigenvalue weighted by Crippen LogP contribution is -2.13. The zero-order valence-corrected chi connectivity index (χ0v) is 11.6. The lowest BCUT2D eigenvalue weighted by atomic mass is 9.78. The third-order valence-corrected chi connectivity index (χ3v) is 4.43. The minimum Gasteiger partial charge on any atom is -0.205 e. The Morgan fingerprint density at radius 1 is 1.12 bits per heavy atom. The van der Waals surface area contributed by atoms with Crippen LogP contribution in [0.15, 0.2) is 6.07 Å². The number of hydrogen-bond donors (Lipinski definition) is 0. The molecule has 0 atom stereocenters. The molecular weight excluding hydrogens is 235 g/mol. The van der Waals surface area contributed by atoms with Crippen LogP contribution in [0.3, 0.4) is 0 Å². The van der Waals surface area contributed by atoms with E-state index < -0.39 is 0 Å². The molecule has 0 N–H and O–H groups in total. The molecule has 1 aromatic rings. The Balaban J connectivity index is 2.35. The average molecular weight is 255 g/mol. The SMILES string of the molecule is Cc1cc(C)c(C2CCC(C)CC2)c(Cl)c1F. The van der Waals surface area contributed by atoms with Crippen molar-refractivity contribution in [2.24, 2.45) is 5.92 Å². The molecule has 0 heterocycles. The van der Waals surface area contributed by atoms with E-state index in [4.69, 9.17) is 11.6 Å². The van der Waals surface area contributed by atoms with Gasteiger partial charge >= 0.3 is 0 Å². The van der Waals surface area contributed by atoms with Gasteiger partial charge in [-0.3, -0.25) is 0 Å². The highest BCUT2D eigenvalue weighted by Gasteiger charge is 2.25. The summed E-state index contributed by atoms with van der Waals surface area (Å²) in [6.45, 7) is 6.12. The molecule has 0 saturated heterocycles. The highest BCUT2D eigenvalue weighted by atomic mass is 35.5. The summed E-state index contributed by atoms with van der Waals surface area (Å²) in [7, 11) is 0. The van der Waals surface area contributed by atoms with Gasteiger partial charge in [0, 0.05) is 0 Å². The van der Waals surface area contributed by atoms with E-state index >= 15 is 0 Å². The average Bonchev–Trinajstić information content (AvgIpc) is 2.29. The van der Waals surface area contributed by atoms with Gasteiger partial charge in [-0.25, -0.2) is 4.39 Å². The minimum atomic E-state index is -0.231. The van der Waals surface area contributed by atoms with E-state index in [2.05, 4.69) is 6.92 Å². The Morgan fingerprint density at radius 2 is 1.71 bits per heavy atom. The molecule has 0 bridgehead atoms. The molecule has 2 heteroatoms. The molecule has 1 aromatic carbocycles. The van der Waals surface area contributed by atoms with Gasteiger partial charge in [0.1, 0.15) is 5.82 Å². The molecule has 0 radical (unpaired) electrons. The molecule has 17 heavy (non-hydrogen) atoms. The number of benzene rings is 1. The van der Waals surface area contributed by atoms with Gasteiger partial charge < -0.3 is 0 Å². The second-order valence-corrected chi connectivity index (χ2v) is 5.89. The van der Waals surface area contributed by atoms with Crippen LogP contribution in [0.2, 0.25) is 5.02 Å². The predicted octanol–water partition coefficient (Wildman–Crippen LogP) is 5.39. The van der Waals surface area contributed by atoms with Gasteiger partial charge in [0.25, 0.3) is 0 Å². The number of rotatable bonds is 1. The third kappa shape index (κ3) is 2.49. The fraction of sp³-hybridized carbons (Fsp3) is 0.600. The topological polar surface area (TPSA) is 0 Å². The number of aryl methyl sites for hydroxylation is 2. The smallest absolute Gasteiger partial charge is 0.144 e. The van der Waals surface area contributed by atoms with Crippen LogP contribution in [-0.2, 0) is 0 Å². The summed E-state index contributed by atoms with van der Waals surface area (Å²) in [4.78, 5) is 0. The summed E-state index contributed by atoms with van der Waals surface area (Å²) < 4.78 is 13.9. The van der Waals surface area contributed by atoms with Crippen molar-refractivity contribution in [2.45, 2.75) is 52.4 Å². The molecule has 0 amide bonds. The Kier molecular flexibility index (Phi) is 3.77. The largest absolute Gasteiger partial charge is 0.205 e. The molecule has 1 aliphatic carbocycles. The van der Waals surface area contributed by atoms with Gasteiger partial charge in [-0.2, -0.15) is 0 Å². The summed E-state index contributed by atoms with van der Waals surface area (Å²) in [6, 6.07) is 1.93. The first-order valence-electron chi connectivity index (χ1n) is 6.45. The van der Waals surface area contributed by atoms with Gasteiger partial charge in [-0.15, -0.1) is 0 Å². The van der Waals surface area contributed by atoms with E-state index in [1.807, 2.05) is 13.0 Å². The maximum atomic E-state index is 13.9. The monoisotopic (exact) mass is 254 g/mol. The molecule has 94 valence electrons. The molecule has 0 nitrogen and oxygen atoms in total. The summed E-state index contributed by atoms with van der Waals surface area (Å²) in [5.74, 6) is 1.03. The van der Waals surface area contributed by atoms with Gasteiger partial charge in [0.15, 0.2) is 0 Å². The van der Waals surface area contributed by atoms with Crippen LogP contribution in [0.25, 0.3) is 0 Å². The summed E-state index contributed by atoms with van der Waals surface area (Å²) in [6.07, 6.45) is 4.75. The first-order chi connectivity index (χ1) is 8.00. The second-order valence-electron chi connectivity index (χ2n) is 5.51. The van der Waals surface area contributed by atoms with E-state index in [9.17, 15) is 4.39 Å². The van der Waals surface area contributed by atoms with Gasteiger partial charge in [0.05, 0.1) is 5.02 Å². The van der Waals surface area contributed by atoms with Crippen molar-refractivity contribution in [3.8, 4) is 0 Å². The van der Waals surface area contributed by atoms with Gasteiger partial charge in [0.2, 0.25) is 0 Å². The number of halogens is 2. The highest BCUT2D eigenvalue weighted by Crippen LogP contribution is 2.41. The first kappa shape index (κ1) is 12.9. The van der Waals surface area contributed by atoms with Crippen molar-refractivity contribution in [3.63, 3.8) is 0 Å². The Morgan fingerprint density at radius 3 is 2.29 bits per heavy atom. The fourth-order valence-corrected chi connectivity index (χ4v) is 3.43. The third-order valence-electron chi connectivity index (χ3n) is 4.06. The zero-order chi connectivity index (χ0) is 12.6. The Labute approximate surface area is 108 Å². The van der Waals surface area contributed by atoms with Crippen molar-refractivity contribution < 1.29 is 4.39 Å². The molecule has 2 rings (SSSR count). The maximum absolute atomic E-state index is 13.9. The highest BCUT2D eigenvalue weighted by molar-refractivity contribution is 6.31. The van der Waals surface area contributed by atoms with Crippen molar-refractivity contribution >= 4 is 11.6 Å². The Bertz CT molecular complexity index is 417. The standard InChI is InChI=1S/C15H20ClF/c1-9-4-6-12(7-5-9)13-10(2)8-11(3)15(17)14(13)16/h8-9,12H,4-7H2,1-3H3. The molecule has 0 unspecified atom stereocenters. The second kappa shape index (κ2) is 4.97. The van der Waals surface area contributed by atoms with Crippen molar-refractivity contribution in [1.29, 1.82) is 0 Å². The summed E-state index contributed by atoms with van der Waals surface area (Å²) in [5.41, 5.74) is 2.86. The quantitative estimate of drug-likeness (QED) is 0.630. The molecule has 0 aliphatic heterocycles. The van der Waals surface area contributed by atoms with E-state index in [1.165, 1.54) is 12.8 Å². The van der Waals surface area contributed by atoms with E-state index in [0.29, 0.717) is 16.5 Å². The first-order valence-corrected chi connectivity index (χ1v) is 6.83. The summed E-state index contributed by atoms with van der Waals surface area (Å²) in [5, 5.41) is 0.363. The van der Waals surface area contributed by atoms with Crippen molar-refractivity contribution in [3.05, 3.63) is 33.6 Å². The van der Waals surface area contributed by atoms with Crippen LogP contribution >= 0.6 is 11.6 Å². The lowest BCUT2D eigenvalue weighted by molar-refractivity contribution is 0.346. The minimum absolute atomic E-state index is 0.231. The van der Waals surface area contributed by atoms with Crippen LogP contribution in [0, 0.1) is 25.6 Å². The van der Waals surface area contributed by atoms with E-state index in [1.54, 1.807) is 6.92 Å². The lowest BCUT2D eigenvalue weighted by Gasteiger charge is -2.28. The molecule has 1 saturated carbocycles. The fourth-order valence-electron chi connectivity index (χ4n) is 2.98. The van der Waals surface area contributed by atoms with Gasteiger partial charge in [-0.1, -0.05) is 37.4 Å². The van der Waals surface area contributed by atoms with Crippen LogP contribution in [0.1, 0.15) is 55.2 Å². The normalized spacial score (nSPS) is 25.0. The van der Waals surface area contributed by atoms with Crippen molar-refractivity contribution in [2.75, 3.05) is 0 Å². The van der Waals surface area contributed by atoms with Crippen molar-refractivity contribution in [1.82, 2.24) is 0 Å². The molecule has 0 aromatic heterocycles. The molecule has 1 fully saturated rings. The van der Waals surface area contributed by atoms with E-state index in [-0.39, 0.29) is 5.82 Å². The number of hydrogen-bond acceptors (Lipinski definition) is 0. The Hall–Kier alpha value is -0.560. The zero-order valence-electron chi connectivity index (χ0n) is 10.8. The molecular formula is C15H20ClF. The maximum Gasteiger partial charge on any atom is 0.144 e. The summed E-state index contributed by atoms with van der Waals surface area (Å²) >= 11 is 6.20. The van der Waals surface area contributed by atoms with E-state index in [0.717, 1.165) is 29.9 Å².